The summed E-state index contributed by atoms with van der Waals surface area (Å²) in [6, 6.07) is 8.39. The molecule has 13 heteroatoms. The molecule has 258 valence electrons. The second kappa shape index (κ2) is 11.9. The van der Waals surface area contributed by atoms with E-state index in [1.165, 1.54) is 4.90 Å². The Hall–Kier alpha value is -4.28. The van der Waals surface area contributed by atoms with Gasteiger partial charge in [0.05, 0.1) is 35.6 Å². The van der Waals surface area contributed by atoms with Gasteiger partial charge in [-0.25, -0.2) is 4.39 Å². The Bertz CT molecular complexity index is 1860. The van der Waals surface area contributed by atoms with Crippen molar-refractivity contribution < 1.29 is 18.7 Å². The van der Waals surface area contributed by atoms with Gasteiger partial charge in [0.25, 0.3) is 5.91 Å². The minimum Gasteiger partial charge on any atom is -0.461 e. The molecule has 4 unspecified atom stereocenters. The minimum absolute atomic E-state index is 0.136. The normalized spacial score (nSPS) is 27.5. The number of nitrogen functional groups attached to an aromatic ring is 1. The van der Waals surface area contributed by atoms with Crippen LogP contribution in [0.5, 0.6) is 6.01 Å². The van der Waals surface area contributed by atoms with E-state index >= 15 is 0 Å². The van der Waals surface area contributed by atoms with E-state index < -0.39 is 11.8 Å². The Kier molecular flexibility index (Phi) is 7.79. The van der Waals surface area contributed by atoms with Crippen LogP contribution < -0.4 is 15.4 Å². The molecule has 6 heterocycles. The van der Waals surface area contributed by atoms with Crippen LogP contribution in [0.25, 0.3) is 0 Å². The number of rotatable bonds is 5. The number of aromatic nitrogens is 4. The van der Waals surface area contributed by atoms with Crippen molar-refractivity contribution in [2.24, 2.45) is 0 Å². The molecule has 8 rings (SSSR count). The van der Waals surface area contributed by atoms with Crippen molar-refractivity contribution in [2.45, 2.75) is 94.8 Å². The lowest BCUT2D eigenvalue weighted by molar-refractivity contribution is -0.0873. The minimum atomic E-state index is -0.859. The quantitative estimate of drug-likeness (QED) is 0.396. The highest BCUT2D eigenvalue weighted by molar-refractivity contribution is 5.92. The maximum absolute atomic E-state index is 14.6. The van der Waals surface area contributed by atoms with Crippen molar-refractivity contribution in [3.8, 4) is 12.1 Å². The highest BCUT2D eigenvalue weighted by atomic mass is 19.1. The van der Waals surface area contributed by atoms with E-state index in [-0.39, 0.29) is 30.0 Å². The van der Waals surface area contributed by atoms with Gasteiger partial charge in [0, 0.05) is 63.4 Å². The van der Waals surface area contributed by atoms with Crippen molar-refractivity contribution in [1.29, 1.82) is 5.26 Å². The number of halogens is 1. The summed E-state index contributed by atoms with van der Waals surface area (Å²) in [6.07, 6.45) is 4.40. The average Bonchev–Trinajstić information content (AvgIpc) is 3.71. The van der Waals surface area contributed by atoms with Crippen molar-refractivity contribution in [3.63, 3.8) is 0 Å². The monoisotopic (exact) mass is 669 g/mol. The average molecular weight is 670 g/mol. The zero-order chi connectivity index (χ0) is 34.1. The van der Waals surface area contributed by atoms with E-state index in [1.54, 1.807) is 14.1 Å². The molecule has 5 aliphatic rings. The van der Waals surface area contributed by atoms with E-state index in [4.69, 9.17) is 25.2 Å². The second-order valence-corrected chi connectivity index (χ2v) is 14.8. The lowest BCUT2D eigenvalue weighted by atomic mass is 9.69. The van der Waals surface area contributed by atoms with E-state index in [9.17, 15) is 14.4 Å². The molecule has 2 saturated heterocycles. The maximum atomic E-state index is 14.6. The molecule has 2 N–H and O–H groups in total. The topological polar surface area (TPSA) is 139 Å². The zero-order valence-corrected chi connectivity index (χ0v) is 28.5. The molecule has 12 nitrogen and oxygen atoms in total. The molecule has 0 saturated carbocycles. The van der Waals surface area contributed by atoms with Gasteiger partial charge in [-0.3, -0.25) is 14.4 Å². The van der Waals surface area contributed by atoms with Crippen LogP contribution >= 0.6 is 0 Å². The fourth-order valence-electron chi connectivity index (χ4n) is 8.98. The Morgan fingerprint density at radius 2 is 2.08 bits per heavy atom. The molecular weight excluding hydrogens is 625 g/mol. The third-order valence-corrected chi connectivity index (χ3v) is 11.5. The van der Waals surface area contributed by atoms with Crippen LogP contribution in [0.2, 0.25) is 0 Å². The van der Waals surface area contributed by atoms with Gasteiger partial charge < -0.3 is 25.0 Å². The molecule has 4 aliphatic heterocycles. The zero-order valence-electron chi connectivity index (χ0n) is 28.5. The molecule has 0 bridgehead atoms. The summed E-state index contributed by atoms with van der Waals surface area (Å²) >= 11 is 0. The largest absolute Gasteiger partial charge is 0.461 e. The molecule has 1 aliphatic carbocycles. The molecule has 3 aromatic rings. The number of amides is 1. The van der Waals surface area contributed by atoms with Gasteiger partial charge in [0.15, 0.2) is 5.69 Å². The van der Waals surface area contributed by atoms with Gasteiger partial charge in [-0.1, -0.05) is 13.0 Å². The third-order valence-electron chi connectivity index (χ3n) is 11.5. The number of carbonyl (C=O) groups is 1. The molecular formula is C36H44FN9O3. The fraction of sp³-hybridized carbons (Fsp3) is 0.583. The SMILES string of the molecule is CC1CCC2(Cc3nc(OCC45CCCN4CC(F)C5)nc(N4CCCn5nc(C(=O)N(C)C)cc5C4)c3CO2)c2c1ccc(N)c2C#N. The second-order valence-electron chi connectivity index (χ2n) is 14.8. The number of carbonyl (C=O) groups excluding carboxylic acids is 1. The molecule has 49 heavy (non-hydrogen) atoms. The Labute approximate surface area is 286 Å². The summed E-state index contributed by atoms with van der Waals surface area (Å²) < 4.78 is 29.9. The molecule has 0 radical (unpaired) electrons. The molecule has 1 amide bonds. The highest BCUT2D eigenvalue weighted by Crippen LogP contribution is 2.51. The van der Waals surface area contributed by atoms with Crippen LogP contribution in [-0.4, -0.2) is 87.5 Å². The van der Waals surface area contributed by atoms with E-state index in [1.807, 2.05) is 22.9 Å². The lowest BCUT2D eigenvalue weighted by Crippen LogP contribution is -2.44. The summed E-state index contributed by atoms with van der Waals surface area (Å²) in [6.45, 7) is 5.99. The van der Waals surface area contributed by atoms with Crippen LogP contribution in [0, 0.1) is 11.3 Å². The fourth-order valence-corrected chi connectivity index (χ4v) is 8.98. The molecule has 2 aromatic heterocycles. The van der Waals surface area contributed by atoms with Gasteiger partial charge in [0.1, 0.15) is 30.3 Å². The summed E-state index contributed by atoms with van der Waals surface area (Å²) in [4.78, 5) is 28.8. The number of nitrogens with zero attached hydrogens (tertiary/aromatic N) is 8. The number of hydrogen-bond acceptors (Lipinski definition) is 10. The summed E-state index contributed by atoms with van der Waals surface area (Å²) in [5.74, 6) is 0.866. The number of anilines is 2. The van der Waals surface area contributed by atoms with Crippen LogP contribution in [0.4, 0.5) is 15.9 Å². The number of nitriles is 1. The maximum Gasteiger partial charge on any atom is 0.318 e. The Morgan fingerprint density at radius 1 is 1.22 bits per heavy atom. The van der Waals surface area contributed by atoms with E-state index in [2.05, 4.69) is 27.9 Å². The van der Waals surface area contributed by atoms with Crippen LogP contribution in [-0.2, 0) is 36.5 Å². The number of ether oxygens (including phenoxy) is 2. The van der Waals surface area contributed by atoms with Crippen LogP contribution in [0.3, 0.4) is 0 Å². The van der Waals surface area contributed by atoms with E-state index in [0.29, 0.717) is 62.6 Å². The number of alkyl halides is 1. The first kappa shape index (κ1) is 32.0. The van der Waals surface area contributed by atoms with Crippen LogP contribution in [0.15, 0.2) is 18.2 Å². The third kappa shape index (κ3) is 5.31. The standard InChI is InChI=1S/C36H44FN9O3/c1-22-8-10-36(31-25(22)6-7-28(39)26(31)17-38)16-30-27(20-49-36)32(41-34(40-30)48-21-35-9-4-12-45(35)18-23(37)15-35)44-11-5-13-46-24(19-44)14-29(42-46)33(47)43(2)3/h6-7,14,22-23H,4-5,8-13,15-16,18-21,39H2,1-3H3. The lowest BCUT2D eigenvalue weighted by Gasteiger charge is -2.45. The first-order valence-electron chi connectivity index (χ1n) is 17.5. The van der Waals surface area contributed by atoms with Crippen LogP contribution in [0.1, 0.15) is 95.5 Å². The van der Waals surface area contributed by atoms with Gasteiger partial charge in [0.2, 0.25) is 0 Å². The van der Waals surface area contributed by atoms with Crippen molar-refractivity contribution in [2.75, 3.05) is 51.0 Å². The molecule has 1 spiro atoms. The Balaban J connectivity index is 1.19. The molecule has 2 fully saturated rings. The predicted molar refractivity (Wildman–Crippen MR) is 180 cm³/mol. The number of benzene rings is 1. The number of fused-ring (bicyclic) bond motifs is 5. The van der Waals surface area contributed by atoms with E-state index in [0.717, 1.165) is 72.5 Å². The van der Waals surface area contributed by atoms with Gasteiger partial charge >= 0.3 is 6.01 Å². The van der Waals surface area contributed by atoms with Crippen molar-refractivity contribution in [3.05, 3.63) is 57.5 Å². The number of hydrogen-bond donors (Lipinski definition) is 1. The van der Waals surface area contributed by atoms with Crippen molar-refractivity contribution in [1.82, 2.24) is 29.5 Å². The summed E-state index contributed by atoms with van der Waals surface area (Å²) in [7, 11) is 3.45. The van der Waals surface area contributed by atoms with Gasteiger partial charge in [-0.15, -0.1) is 0 Å². The Morgan fingerprint density at radius 3 is 2.90 bits per heavy atom. The number of nitrogens with two attached hydrogens (primary N) is 1. The molecule has 1 aromatic carbocycles. The predicted octanol–water partition coefficient (Wildman–Crippen LogP) is 4.06. The van der Waals surface area contributed by atoms with Gasteiger partial charge in [-0.2, -0.15) is 20.3 Å². The van der Waals surface area contributed by atoms with Crippen molar-refractivity contribution >= 4 is 17.4 Å². The summed E-state index contributed by atoms with van der Waals surface area (Å²) in [5, 5.41) is 14.9. The smallest absolute Gasteiger partial charge is 0.318 e. The highest BCUT2D eigenvalue weighted by Gasteiger charge is 2.50. The number of aryl methyl sites for hydroxylation is 1. The first-order chi connectivity index (χ1) is 23.6. The first-order valence-corrected chi connectivity index (χ1v) is 17.5. The summed E-state index contributed by atoms with van der Waals surface area (Å²) in [5.41, 5.74) is 11.2. The molecule has 4 atom stereocenters. The van der Waals surface area contributed by atoms with Gasteiger partial charge in [-0.05, 0) is 62.3 Å².